The number of esters is 1. The van der Waals surface area contributed by atoms with E-state index in [1.54, 1.807) is 24.3 Å². The molecule has 43 heavy (non-hydrogen) atoms. The first kappa shape index (κ1) is 31.2. The molecule has 222 valence electrons. The molecule has 3 aromatic carbocycles. The molecule has 13 heteroatoms. The summed E-state index contributed by atoms with van der Waals surface area (Å²) in [6.45, 7) is 1.65. The van der Waals surface area contributed by atoms with Gasteiger partial charge in [-0.15, -0.1) is 0 Å². The molecule has 6 nitrogen and oxygen atoms in total. The van der Waals surface area contributed by atoms with E-state index in [2.05, 4.69) is 36.9 Å². The summed E-state index contributed by atoms with van der Waals surface area (Å²) < 4.78 is 56.5. The third kappa shape index (κ3) is 6.82. The second-order valence-corrected chi connectivity index (χ2v) is 12.4. The van der Waals surface area contributed by atoms with Crippen molar-refractivity contribution in [2.45, 2.75) is 25.7 Å². The number of carbonyl (C=O) groups is 1. The van der Waals surface area contributed by atoms with Crippen LogP contribution in [-0.4, -0.2) is 23.3 Å². The maximum atomic E-state index is 14.3. The molecule has 1 aromatic heterocycles. The number of alkyl halides is 3. The number of fused-ring (bicyclic) bond motifs is 1. The summed E-state index contributed by atoms with van der Waals surface area (Å²) in [5.41, 5.74) is -0.989. The number of thiazole rings is 1. The maximum Gasteiger partial charge on any atom is 0.434 e. The zero-order valence-electron chi connectivity index (χ0n) is 22.1. The zero-order chi connectivity index (χ0) is 30.9. The van der Waals surface area contributed by atoms with Crippen LogP contribution in [0.3, 0.4) is 0 Å². The van der Waals surface area contributed by atoms with Gasteiger partial charge in [0.15, 0.2) is 10.5 Å². The van der Waals surface area contributed by atoms with Crippen LogP contribution in [0.5, 0.6) is 5.75 Å². The van der Waals surface area contributed by atoms with E-state index in [4.69, 9.17) is 21.1 Å². The lowest BCUT2D eigenvalue weighted by Gasteiger charge is -2.26. The van der Waals surface area contributed by atoms with Gasteiger partial charge >= 0.3 is 12.1 Å². The van der Waals surface area contributed by atoms with Crippen LogP contribution < -0.4 is 19.6 Å². The molecule has 0 amide bonds. The number of halogens is 6. The number of benzene rings is 3. The van der Waals surface area contributed by atoms with Gasteiger partial charge in [0.1, 0.15) is 12.4 Å². The molecule has 0 aliphatic carbocycles. The van der Waals surface area contributed by atoms with Crippen LogP contribution in [0.15, 0.2) is 96.7 Å². The molecule has 1 atom stereocenters. The van der Waals surface area contributed by atoms with E-state index < -0.39 is 35.0 Å². The molecule has 0 N–H and O–H groups in total. The van der Waals surface area contributed by atoms with Crippen molar-refractivity contribution >= 4 is 66.8 Å². The molecule has 0 saturated carbocycles. The fourth-order valence-corrected chi connectivity index (χ4v) is 6.32. The Labute approximate surface area is 269 Å². The average molecular weight is 757 g/mol. The predicted octanol–water partition coefficient (Wildman–Crippen LogP) is 7.10. The number of rotatable bonds is 7. The molecule has 4 aromatic rings. The van der Waals surface area contributed by atoms with Gasteiger partial charge in [-0.2, -0.15) is 13.2 Å². The Balaban J connectivity index is 1.59. The monoisotopic (exact) mass is 754 g/mol. The van der Waals surface area contributed by atoms with Gasteiger partial charge in [-0.25, -0.2) is 9.79 Å². The Kier molecular flexibility index (Phi) is 9.31. The highest BCUT2D eigenvalue weighted by atomic mass is 79.9. The van der Waals surface area contributed by atoms with E-state index in [0.29, 0.717) is 27.4 Å². The van der Waals surface area contributed by atoms with Crippen molar-refractivity contribution in [1.82, 2.24) is 4.57 Å². The number of ether oxygens (including phenoxy) is 2. The lowest BCUT2D eigenvalue weighted by Crippen LogP contribution is -2.41. The number of allylic oxidation sites excluding steroid dienone is 1. The maximum absolute atomic E-state index is 14.3. The van der Waals surface area contributed by atoms with Gasteiger partial charge in [-0.3, -0.25) is 9.36 Å². The van der Waals surface area contributed by atoms with Gasteiger partial charge < -0.3 is 9.47 Å². The quantitative estimate of drug-likeness (QED) is 0.189. The molecule has 0 bridgehead atoms. The normalized spacial score (nSPS) is 15.2. The summed E-state index contributed by atoms with van der Waals surface area (Å²) in [5.74, 6) is -0.645. The van der Waals surface area contributed by atoms with Crippen molar-refractivity contribution in [3.8, 4) is 5.75 Å². The molecule has 0 radical (unpaired) electrons. The Bertz CT molecular complexity index is 1900. The molecular weight excluding hydrogens is 737 g/mol. The molecule has 1 aliphatic rings. The molecule has 0 unspecified atom stereocenters. The molecule has 0 spiro atoms. The van der Waals surface area contributed by atoms with Crippen molar-refractivity contribution in [2.24, 2.45) is 4.99 Å². The van der Waals surface area contributed by atoms with Gasteiger partial charge in [0.05, 0.1) is 27.2 Å². The van der Waals surface area contributed by atoms with E-state index in [9.17, 15) is 22.8 Å². The number of carbonyl (C=O) groups excluding carboxylic acids is 1. The Hall–Kier alpha value is -3.19. The summed E-state index contributed by atoms with van der Waals surface area (Å²) in [4.78, 5) is 30.3. The minimum Gasteiger partial charge on any atom is -0.488 e. The Morgan fingerprint density at radius 1 is 1.09 bits per heavy atom. The first-order chi connectivity index (χ1) is 20.5. The van der Waals surface area contributed by atoms with E-state index in [-0.39, 0.29) is 21.5 Å². The fourth-order valence-electron chi connectivity index (χ4n) is 4.42. The fraction of sp³-hybridized carbons (Fsp3) is 0.167. The van der Waals surface area contributed by atoms with Crippen LogP contribution >= 0.6 is 54.8 Å². The third-order valence-corrected chi connectivity index (χ3v) is 8.73. The highest BCUT2D eigenvalue weighted by molar-refractivity contribution is 9.10. The number of hydrogen-bond donors (Lipinski definition) is 0. The van der Waals surface area contributed by atoms with E-state index in [1.807, 2.05) is 24.3 Å². The summed E-state index contributed by atoms with van der Waals surface area (Å²) >= 11 is 13.7. The van der Waals surface area contributed by atoms with Gasteiger partial charge in [0.25, 0.3) is 5.56 Å². The first-order valence-corrected chi connectivity index (χ1v) is 15.5. The summed E-state index contributed by atoms with van der Waals surface area (Å²) in [7, 11) is 0. The van der Waals surface area contributed by atoms with Crippen molar-refractivity contribution in [3.63, 3.8) is 0 Å². The van der Waals surface area contributed by atoms with Crippen LogP contribution in [0.25, 0.3) is 6.08 Å². The lowest BCUT2D eigenvalue weighted by molar-refractivity contribution is -0.140. The smallest absolute Gasteiger partial charge is 0.434 e. The van der Waals surface area contributed by atoms with E-state index >= 15 is 0 Å². The topological polar surface area (TPSA) is 69.9 Å². The predicted molar refractivity (Wildman–Crippen MR) is 165 cm³/mol. The molecule has 1 aliphatic heterocycles. The van der Waals surface area contributed by atoms with Crippen molar-refractivity contribution < 1.29 is 27.4 Å². The summed E-state index contributed by atoms with van der Waals surface area (Å²) in [6, 6.07) is 17.3. The highest BCUT2D eigenvalue weighted by Crippen LogP contribution is 2.38. The van der Waals surface area contributed by atoms with Gasteiger partial charge in [-0.05, 0) is 82.0 Å². The molecule has 0 fully saturated rings. The molecule has 0 saturated heterocycles. The van der Waals surface area contributed by atoms with Gasteiger partial charge in [0.2, 0.25) is 0 Å². The lowest BCUT2D eigenvalue weighted by atomic mass is 9.95. The second-order valence-electron chi connectivity index (χ2n) is 9.22. The third-order valence-electron chi connectivity index (χ3n) is 6.34. The SMILES string of the molecule is CCOC(=O)C1=C(C(F)(F)F)N=c2s/c(=C\c3ccc(OCc4ccc(Br)cc4)c(Br)c3)c(=O)n2[C@@H]1c1ccc(Cl)cc1. The molecule has 5 rings (SSSR count). The zero-order valence-corrected chi connectivity index (χ0v) is 26.9. The Morgan fingerprint density at radius 3 is 2.42 bits per heavy atom. The van der Waals surface area contributed by atoms with E-state index in [1.165, 1.54) is 31.2 Å². The van der Waals surface area contributed by atoms with E-state index in [0.717, 1.165) is 25.9 Å². The Morgan fingerprint density at radius 2 is 1.79 bits per heavy atom. The molecular formula is C30H20Br2ClF3N2O4S. The molecule has 2 heterocycles. The average Bonchev–Trinajstić information content (AvgIpc) is 3.27. The van der Waals surface area contributed by atoms with Crippen molar-refractivity contribution in [2.75, 3.05) is 6.61 Å². The standard InChI is InChI=1S/C30H20Br2ClF3N2O4S/c1-2-41-28(40)24-25(18-6-10-20(33)11-7-18)38-27(39)23(43-29(38)37-26(24)30(34,35)36)14-17-5-12-22(21(32)13-17)42-15-16-3-8-19(31)9-4-16/h3-14,25H,2,15H2,1H3/b23-14-/t25-/m1/s1. The number of aromatic nitrogens is 1. The first-order valence-electron chi connectivity index (χ1n) is 12.7. The van der Waals surface area contributed by atoms with Crippen LogP contribution in [0, 0.1) is 0 Å². The minimum absolute atomic E-state index is 0.125. The largest absolute Gasteiger partial charge is 0.488 e. The van der Waals surface area contributed by atoms with Gasteiger partial charge in [-0.1, -0.05) is 69.2 Å². The highest BCUT2D eigenvalue weighted by Gasteiger charge is 2.45. The van der Waals surface area contributed by atoms with Crippen molar-refractivity contribution in [1.29, 1.82) is 0 Å². The second kappa shape index (κ2) is 12.8. The van der Waals surface area contributed by atoms with Crippen LogP contribution in [0.1, 0.15) is 29.7 Å². The number of hydrogen-bond acceptors (Lipinski definition) is 6. The van der Waals surface area contributed by atoms with Gasteiger partial charge in [0, 0.05) is 9.50 Å². The summed E-state index contributed by atoms with van der Waals surface area (Å²) in [6.07, 6.45) is -3.44. The van der Waals surface area contributed by atoms with Crippen LogP contribution in [0.4, 0.5) is 13.2 Å². The van der Waals surface area contributed by atoms with Crippen molar-refractivity contribution in [3.05, 3.63) is 128 Å². The minimum atomic E-state index is -4.99. The van der Waals surface area contributed by atoms with Crippen LogP contribution in [0.2, 0.25) is 5.02 Å². The number of nitrogens with zero attached hydrogens (tertiary/aromatic N) is 2. The summed E-state index contributed by atoms with van der Waals surface area (Å²) in [5, 5.41) is 0.337. The van der Waals surface area contributed by atoms with Crippen LogP contribution in [-0.2, 0) is 16.1 Å².